The third-order valence-electron chi connectivity index (χ3n) is 3.63. The van der Waals surface area contributed by atoms with E-state index >= 15 is 0 Å². The Kier molecular flexibility index (Phi) is 5.61. The highest BCUT2D eigenvalue weighted by atomic mass is 32.2. The van der Waals surface area contributed by atoms with Crippen LogP contribution in [0.2, 0.25) is 0 Å². The van der Waals surface area contributed by atoms with Gasteiger partial charge in [-0.3, -0.25) is 4.72 Å². The van der Waals surface area contributed by atoms with Gasteiger partial charge in [-0.25, -0.2) is 13.2 Å². The molecule has 0 aliphatic heterocycles. The van der Waals surface area contributed by atoms with Gasteiger partial charge in [-0.1, -0.05) is 0 Å². The first-order valence-corrected chi connectivity index (χ1v) is 8.97. The molecule has 26 heavy (non-hydrogen) atoms. The SMILES string of the molecule is COc1ccc(S(=O)(=O)Nc2ccc(N(C)C)c(C(=O)O)c2)cc1OC. The van der Waals surface area contributed by atoms with Gasteiger partial charge < -0.3 is 19.5 Å². The maximum atomic E-state index is 12.6. The highest BCUT2D eigenvalue weighted by Crippen LogP contribution is 2.31. The largest absolute Gasteiger partial charge is 0.493 e. The van der Waals surface area contributed by atoms with Crippen LogP contribution in [0.1, 0.15) is 10.4 Å². The Morgan fingerprint density at radius 1 is 1.04 bits per heavy atom. The number of hydrogen-bond acceptors (Lipinski definition) is 6. The van der Waals surface area contributed by atoms with Crippen molar-refractivity contribution in [1.82, 2.24) is 0 Å². The summed E-state index contributed by atoms with van der Waals surface area (Å²) in [6, 6.07) is 8.49. The molecule has 0 amide bonds. The van der Waals surface area contributed by atoms with Crippen molar-refractivity contribution in [2.75, 3.05) is 37.9 Å². The number of methoxy groups -OCH3 is 2. The van der Waals surface area contributed by atoms with Crippen molar-refractivity contribution in [3.8, 4) is 11.5 Å². The second kappa shape index (κ2) is 7.52. The smallest absolute Gasteiger partial charge is 0.337 e. The minimum atomic E-state index is -3.94. The number of carbonyl (C=O) groups is 1. The van der Waals surface area contributed by atoms with E-state index in [4.69, 9.17) is 9.47 Å². The van der Waals surface area contributed by atoms with Gasteiger partial charge >= 0.3 is 5.97 Å². The Labute approximate surface area is 152 Å². The lowest BCUT2D eigenvalue weighted by atomic mass is 10.1. The maximum Gasteiger partial charge on any atom is 0.337 e. The average molecular weight is 380 g/mol. The van der Waals surface area contributed by atoms with E-state index in [1.807, 2.05) is 0 Å². The van der Waals surface area contributed by atoms with E-state index in [-0.39, 0.29) is 21.9 Å². The molecule has 2 N–H and O–H groups in total. The molecule has 0 saturated heterocycles. The third kappa shape index (κ3) is 3.99. The summed E-state index contributed by atoms with van der Waals surface area (Å²) in [7, 11) is 2.32. The maximum absolute atomic E-state index is 12.6. The summed E-state index contributed by atoms with van der Waals surface area (Å²) in [6.45, 7) is 0. The van der Waals surface area contributed by atoms with Gasteiger partial charge in [0.2, 0.25) is 0 Å². The summed E-state index contributed by atoms with van der Waals surface area (Å²) in [5, 5.41) is 9.35. The van der Waals surface area contributed by atoms with Crippen molar-refractivity contribution in [1.29, 1.82) is 0 Å². The monoisotopic (exact) mass is 380 g/mol. The number of nitrogens with zero attached hydrogens (tertiary/aromatic N) is 1. The topological polar surface area (TPSA) is 105 Å². The van der Waals surface area contributed by atoms with Gasteiger partial charge in [0.25, 0.3) is 10.0 Å². The molecule has 0 heterocycles. The van der Waals surface area contributed by atoms with E-state index in [9.17, 15) is 18.3 Å². The van der Waals surface area contributed by atoms with Crippen molar-refractivity contribution in [2.45, 2.75) is 4.90 Å². The molecule has 0 radical (unpaired) electrons. The molecule has 0 aliphatic carbocycles. The number of anilines is 2. The molecule has 0 atom stereocenters. The molecule has 0 fully saturated rings. The zero-order chi connectivity index (χ0) is 19.5. The van der Waals surface area contributed by atoms with E-state index in [1.54, 1.807) is 19.0 Å². The normalized spacial score (nSPS) is 10.9. The van der Waals surface area contributed by atoms with Gasteiger partial charge in [-0.05, 0) is 30.3 Å². The van der Waals surface area contributed by atoms with Crippen molar-refractivity contribution in [3.63, 3.8) is 0 Å². The zero-order valence-corrected chi connectivity index (χ0v) is 15.6. The highest BCUT2D eigenvalue weighted by molar-refractivity contribution is 7.92. The molecule has 0 unspecified atom stereocenters. The van der Waals surface area contributed by atoms with Crippen LogP contribution in [0.4, 0.5) is 11.4 Å². The van der Waals surface area contributed by atoms with Crippen LogP contribution in [0.3, 0.4) is 0 Å². The van der Waals surface area contributed by atoms with Crippen LogP contribution >= 0.6 is 0 Å². The summed E-state index contributed by atoms with van der Waals surface area (Å²) in [6.07, 6.45) is 0. The zero-order valence-electron chi connectivity index (χ0n) is 14.8. The molecule has 0 spiro atoms. The van der Waals surface area contributed by atoms with Crippen LogP contribution in [-0.4, -0.2) is 47.8 Å². The number of ether oxygens (including phenoxy) is 2. The first-order valence-electron chi connectivity index (χ1n) is 7.49. The van der Waals surface area contributed by atoms with E-state index < -0.39 is 16.0 Å². The number of benzene rings is 2. The Bertz CT molecular complexity index is 925. The number of hydrogen-bond donors (Lipinski definition) is 2. The first-order chi connectivity index (χ1) is 12.2. The quantitative estimate of drug-likeness (QED) is 0.759. The van der Waals surface area contributed by atoms with E-state index in [0.29, 0.717) is 11.4 Å². The molecule has 9 heteroatoms. The molecule has 0 aliphatic rings. The molecule has 140 valence electrons. The van der Waals surface area contributed by atoms with Gasteiger partial charge in [0.15, 0.2) is 11.5 Å². The molecule has 2 rings (SSSR count). The summed E-state index contributed by atoms with van der Waals surface area (Å²) >= 11 is 0. The molecule has 2 aromatic rings. The van der Waals surface area contributed by atoms with Crippen LogP contribution in [0.15, 0.2) is 41.3 Å². The van der Waals surface area contributed by atoms with E-state index in [2.05, 4.69) is 4.72 Å². The second-order valence-corrected chi connectivity index (χ2v) is 7.24. The minimum absolute atomic E-state index is 0.0116. The fourth-order valence-electron chi connectivity index (χ4n) is 2.36. The first kappa shape index (κ1) is 19.4. The lowest BCUT2D eigenvalue weighted by Gasteiger charge is -2.17. The van der Waals surface area contributed by atoms with Gasteiger partial charge in [0.1, 0.15) is 0 Å². The van der Waals surface area contributed by atoms with Crippen LogP contribution in [0, 0.1) is 0 Å². The van der Waals surface area contributed by atoms with Crippen molar-refractivity contribution >= 4 is 27.4 Å². The highest BCUT2D eigenvalue weighted by Gasteiger charge is 2.19. The summed E-state index contributed by atoms with van der Waals surface area (Å²) in [4.78, 5) is 13.0. The van der Waals surface area contributed by atoms with Gasteiger partial charge in [0, 0.05) is 25.8 Å². The van der Waals surface area contributed by atoms with Gasteiger partial charge in [-0.15, -0.1) is 0 Å². The molecule has 8 nitrogen and oxygen atoms in total. The van der Waals surface area contributed by atoms with Crippen molar-refractivity contribution in [3.05, 3.63) is 42.0 Å². The summed E-state index contributed by atoms with van der Waals surface area (Å²) < 4.78 is 37.8. The summed E-state index contributed by atoms with van der Waals surface area (Å²) in [5.74, 6) is -0.486. The Morgan fingerprint density at radius 2 is 1.69 bits per heavy atom. The van der Waals surface area contributed by atoms with Crippen molar-refractivity contribution < 1.29 is 27.8 Å². The molecule has 0 bridgehead atoms. The number of carboxylic acids is 1. The molecular formula is C17H20N2O6S. The van der Waals surface area contributed by atoms with E-state index in [1.165, 1.54) is 50.6 Å². The Morgan fingerprint density at radius 3 is 2.23 bits per heavy atom. The molecular weight excluding hydrogens is 360 g/mol. The number of carboxylic acid groups (broad SMARTS) is 1. The second-order valence-electron chi connectivity index (χ2n) is 5.55. The number of sulfonamides is 1. The average Bonchev–Trinajstić information content (AvgIpc) is 2.60. The standard InChI is InChI=1S/C17H20N2O6S/c1-19(2)14-7-5-11(9-13(14)17(20)21)18-26(22,23)12-6-8-15(24-3)16(10-12)25-4/h5-10,18H,1-4H3,(H,20,21). The van der Waals surface area contributed by atoms with Crippen LogP contribution < -0.4 is 19.1 Å². The molecule has 2 aromatic carbocycles. The fourth-order valence-corrected chi connectivity index (χ4v) is 3.42. The molecule has 0 aromatic heterocycles. The molecule has 0 saturated carbocycles. The Hall–Kier alpha value is -2.94. The predicted octanol–water partition coefficient (Wildman–Crippen LogP) is 2.27. The van der Waals surface area contributed by atoms with Gasteiger partial charge in [0.05, 0.1) is 30.4 Å². The van der Waals surface area contributed by atoms with Crippen molar-refractivity contribution in [2.24, 2.45) is 0 Å². The fraction of sp³-hybridized carbons (Fsp3) is 0.235. The lowest BCUT2D eigenvalue weighted by Crippen LogP contribution is -2.16. The minimum Gasteiger partial charge on any atom is -0.493 e. The van der Waals surface area contributed by atoms with Crippen LogP contribution in [0.5, 0.6) is 11.5 Å². The Balaban J connectivity index is 2.41. The number of nitrogens with one attached hydrogen (secondary N) is 1. The number of aromatic carboxylic acids is 1. The predicted molar refractivity (Wildman–Crippen MR) is 98.1 cm³/mol. The third-order valence-corrected chi connectivity index (χ3v) is 5.01. The lowest BCUT2D eigenvalue weighted by molar-refractivity contribution is 0.0697. The number of rotatable bonds is 7. The van der Waals surface area contributed by atoms with Gasteiger partial charge in [-0.2, -0.15) is 0 Å². The van der Waals surface area contributed by atoms with Crippen LogP contribution in [0.25, 0.3) is 0 Å². The summed E-state index contributed by atoms with van der Waals surface area (Å²) in [5.41, 5.74) is 0.594. The van der Waals surface area contributed by atoms with Crippen LogP contribution in [-0.2, 0) is 10.0 Å². The van der Waals surface area contributed by atoms with E-state index in [0.717, 1.165) is 0 Å².